The molecule has 1 aliphatic heterocycles. The Hall–Kier alpha value is -4.49. The highest BCUT2D eigenvalue weighted by molar-refractivity contribution is 9.10. The number of anilines is 1. The van der Waals surface area contributed by atoms with E-state index in [0.717, 1.165) is 32.5 Å². The first-order valence-electron chi connectivity index (χ1n) is 12.0. The highest BCUT2D eigenvalue weighted by atomic mass is 79.9. The van der Waals surface area contributed by atoms with Gasteiger partial charge < -0.3 is 4.74 Å². The van der Waals surface area contributed by atoms with E-state index in [1.54, 1.807) is 24.3 Å². The van der Waals surface area contributed by atoms with Crippen LogP contribution in [0.1, 0.15) is 22.3 Å². The Labute approximate surface area is 228 Å². The van der Waals surface area contributed by atoms with Gasteiger partial charge in [0.05, 0.1) is 5.69 Å². The first-order chi connectivity index (χ1) is 18.5. The van der Waals surface area contributed by atoms with Crippen LogP contribution in [0.25, 0.3) is 6.08 Å². The van der Waals surface area contributed by atoms with E-state index in [9.17, 15) is 14.4 Å². The number of urea groups is 1. The molecule has 5 rings (SSSR count). The Balaban J connectivity index is 1.30. The Morgan fingerprint density at radius 2 is 1.45 bits per heavy atom. The molecule has 1 fully saturated rings. The van der Waals surface area contributed by atoms with Crippen molar-refractivity contribution in [3.05, 3.63) is 135 Å². The SMILES string of the molecule is O=C1NC(=O)N(c2ccc(OCc3ccccc3)cc2)C(=O)/C1=C/c1ccc(Cc2ccccc2Br)cc1. The van der Waals surface area contributed by atoms with Crippen LogP contribution in [0.4, 0.5) is 10.5 Å². The van der Waals surface area contributed by atoms with Gasteiger partial charge in [0.15, 0.2) is 0 Å². The van der Waals surface area contributed by atoms with Gasteiger partial charge >= 0.3 is 6.03 Å². The number of amides is 4. The third kappa shape index (κ3) is 5.74. The molecule has 0 bridgehead atoms. The van der Waals surface area contributed by atoms with E-state index < -0.39 is 17.8 Å². The van der Waals surface area contributed by atoms with Gasteiger partial charge in [-0.3, -0.25) is 14.9 Å². The zero-order valence-corrected chi connectivity index (χ0v) is 21.9. The molecule has 4 amide bonds. The molecule has 188 valence electrons. The summed E-state index contributed by atoms with van der Waals surface area (Å²) in [7, 11) is 0. The fourth-order valence-electron chi connectivity index (χ4n) is 4.08. The van der Waals surface area contributed by atoms with Crippen LogP contribution in [0.15, 0.2) is 113 Å². The van der Waals surface area contributed by atoms with Gasteiger partial charge in [-0.05, 0) is 65.1 Å². The van der Waals surface area contributed by atoms with E-state index >= 15 is 0 Å². The largest absolute Gasteiger partial charge is 0.489 e. The lowest BCUT2D eigenvalue weighted by Gasteiger charge is -2.26. The summed E-state index contributed by atoms with van der Waals surface area (Å²) >= 11 is 3.57. The molecular formula is C31H23BrN2O4. The molecule has 0 radical (unpaired) electrons. The van der Waals surface area contributed by atoms with Gasteiger partial charge in [0.25, 0.3) is 11.8 Å². The zero-order valence-electron chi connectivity index (χ0n) is 20.3. The summed E-state index contributed by atoms with van der Waals surface area (Å²) in [6.45, 7) is 0.395. The molecule has 6 nitrogen and oxygen atoms in total. The molecule has 38 heavy (non-hydrogen) atoms. The summed E-state index contributed by atoms with van der Waals surface area (Å²) in [4.78, 5) is 39.3. The monoisotopic (exact) mass is 566 g/mol. The molecule has 1 heterocycles. The minimum atomic E-state index is -0.793. The summed E-state index contributed by atoms with van der Waals surface area (Å²) in [6.07, 6.45) is 2.24. The number of hydrogen-bond acceptors (Lipinski definition) is 4. The number of benzene rings is 4. The fraction of sp³-hybridized carbons (Fsp3) is 0.0645. The normalized spacial score (nSPS) is 14.5. The van der Waals surface area contributed by atoms with E-state index in [-0.39, 0.29) is 5.57 Å². The third-order valence-corrected chi connectivity index (χ3v) is 6.86. The van der Waals surface area contributed by atoms with Crippen LogP contribution >= 0.6 is 15.9 Å². The van der Waals surface area contributed by atoms with E-state index in [2.05, 4.69) is 27.3 Å². The molecule has 4 aromatic rings. The number of imide groups is 2. The van der Waals surface area contributed by atoms with E-state index in [4.69, 9.17) is 4.74 Å². The Morgan fingerprint density at radius 3 is 2.16 bits per heavy atom. The first kappa shape index (κ1) is 25.2. The van der Waals surface area contributed by atoms with Crippen LogP contribution in [0.2, 0.25) is 0 Å². The molecule has 1 N–H and O–H groups in total. The predicted molar refractivity (Wildman–Crippen MR) is 150 cm³/mol. The van der Waals surface area contributed by atoms with Crippen molar-refractivity contribution in [2.45, 2.75) is 13.0 Å². The number of barbiturate groups is 1. The van der Waals surface area contributed by atoms with Crippen molar-refractivity contribution in [2.75, 3.05) is 4.90 Å². The molecule has 1 aliphatic rings. The van der Waals surface area contributed by atoms with Crippen LogP contribution < -0.4 is 15.0 Å². The van der Waals surface area contributed by atoms with Crippen molar-refractivity contribution in [1.82, 2.24) is 5.32 Å². The van der Waals surface area contributed by atoms with Crippen molar-refractivity contribution in [2.24, 2.45) is 0 Å². The standard InChI is InChI=1S/C31H23BrN2O4/c32-28-9-5-4-8-24(28)18-21-10-12-22(13-11-21)19-27-29(35)33-31(37)34(30(27)36)25-14-16-26(17-15-25)38-20-23-6-2-1-3-7-23/h1-17,19H,18,20H2,(H,33,35,37)/b27-19+. The lowest BCUT2D eigenvalue weighted by atomic mass is 10.0. The van der Waals surface area contributed by atoms with Crippen LogP contribution in [-0.2, 0) is 22.6 Å². The maximum atomic E-state index is 13.2. The lowest BCUT2D eigenvalue weighted by molar-refractivity contribution is -0.122. The van der Waals surface area contributed by atoms with Gasteiger partial charge in [-0.15, -0.1) is 0 Å². The Bertz CT molecular complexity index is 1510. The summed E-state index contributed by atoms with van der Waals surface area (Å²) in [5, 5.41) is 2.26. The third-order valence-electron chi connectivity index (χ3n) is 6.09. The van der Waals surface area contributed by atoms with Crippen LogP contribution in [-0.4, -0.2) is 17.8 Å². The van der Waals surface area contributed by atoms with Gasteiger partial charge in [0.2, 0.25) is 0 Å². The molecule has 1 saturated heterocycles. The molecule has 0 atom stereocenters. The average Bonchev–Trinajstić information content (AvgIpc) is 2.93. The molecular weight excluding hydrogens is 544 g/mol. The molecule has 7 heteroatoms. The number of carbonyl (C=O) groups is 3. The number of nitrogens with zero attached hydrogens (tertiary/aromatic N) is 1. The van der Waals surface area contributed by atoms with Gasteiger partial charge in [0, 0.05) is 4.47 Å². The summed E-state index contributed by atoms with van der Waals surface area (Å²) in [6, 6.07) is 31.2. The highest BCUT2D eigenvalue weighted by Crippen LogP contribution is 2.25. The maximum Gasteiger partial charge on any atom is 0.335 e. The predicted octanol–water partition coefficient (Wildman–Crippen LogP) is 6.29. The number of ether oxygens (including phenoxy) is 1. The highest BCUT2D eigenvalue weighted by Gasteiger charge is 2.36. The van der Waals surface area contributed by atoms with Gasteiger partial charge in [-0.25, -0.2) is 9.69 Å². The summed E-state index contributed by atoms with van der Waals surface area (Å²) in [5.74, 6) is -0.817. The van der Waals surface area contributed by atoms with E-state index in [1.165, 1.54) is 6.08 Å². The van der Waals surface area contributed by atoms with Crippen molar-refractivity contribution >= 4 is 45.5 Å². The molecule has 0 aliphatic carbocycles. The second-order valence-corrected chi connectivity index (χ2v) is 9.59. The quantitative estimate of drug-likeness (QED) is 0.211. The summed E-state index contributed by atoms with van der Waals surface area (Å²) < 4.78 is 6.82. The van der Waals surface area contributed by atoms with Crippen LogP contribution in [0, 0.1) is 0 Å². The molecule has 0 aromatic heterocycles. The van der Waals surface area contributed by atoms with Gasteiger partial charge in [-0.2, -0.15) is 0 Å². The second-order valence-electron chi connectivity index (χ2n) is 8.74. The summed E-state index contributed by atoms with van der Waals surface area (Å²) in [5.41, 5.74) is 4.17. The average molecular weight is 567 g/mol. The molecule has 0 unspecified atom stereocenters. The van der Waals surface area contributed by atoms with Crippen molar-refractivity contribution in [3.63, 3.8) is 0 Å². The molecule has 4 aromatic carbocycles. The minimum Gasteiger partial charge on any atom is -0.489 e. The number of carbonyl (C=O) groups excluding carboxylic acids is 3. The Kier molecular flexibility index (Phi) is 7.47. The number of nitrogens with one attached hydrogen (secondary N) is 1. The number of hydrogen-bond donors (Lipinski definition) is 1. The van der Waals surface area contributed by atoms with E-state index in [1.807, 2.05) is 72.8 Å². The second kappa shape index (κ2) is 11.3. The van der Waals surface area contributed by atoms with Crippen LogP contribution in [0.5, 0.6) is 5.75 Å². The Morgan fingerprint density at radius 1 is 0.763 bits per heavy atom. The van der Waals surface area contributed by atoms with Crippen molar-refractivity contribution in [1.29, 1.82) is 0 Å². The fourth-order valence-corrected chi connectivity index (χ4v) is 4.51. The minimum absolute atomic E-state index is 0.118. The molecule has 0 spiro atoms. The van der Waals surface area contributed by atoms with Crippen molar-refractivity contribution < 1.29 is 19.1 Å². The number of halogens is 1. The first-order valence-corrected chi connectivity index (χ1v) is 12.8. The van der Waals surface area contributed by atoms with Gasteiger partial charge in [0.1, 0.15) is 17.9 Å². The zero-order chi connectivity index (χ0) is 26.5. The smallest absolute Gasteiger partial charge is 0.335 e. The topological polar surface area (TPSA) is 75.7 Å². The van der Waals surface area contributed by atoms with Crippen molar-refractivity contribution in [3.8, 4) is 5.75 Å². The van der Waals surface area contributed by atoms with Gasteiger partial charge in [-0.1, -0.05) is 88.7 Å². The maximum absolute atomic E-state index is 13.2. The number of rotatable bonds is 7. The van der Waals surface area contributed by atoms with E-state index in [0.29, 0.717) is 23.6 Å². The molecule has 0 saturated carbocycles. The van der Waals surface area contributed by atoms with Crippen LogP contribution in [0.3, 0.4) is 0 Å². The lowest BCUT2D eigenvalue weighted by Crippen LogP contribution is -2.54.